The summed E-state index contributed by atoms with van der Waals surface area (Å²) in [5.41, 5.74) is -0.262. The Morgan fingerprint density at radius 2 is 1.83 bits per heavy atom. The maximum Gasteiger partial charge on any atom is 0.107 e. The fourth-order valence-electron chi connectivity index (χ4n) is 1.35. The van der Waals surface area contributed by atoms with Crippen molar-refractivity contribution in [3.63, 3.8) is 0 Å². The molecule has 1 rings (SSSR count). The molecule has 0 amide bonds. The number of nitrogens with zero attached hydrogens (tertiary/aromatic N) is 1. The van der Waals surface area contributed by atoms with Gasteiger partial charge < -0.3 is 5.32 Å². The lowest BCUT2D eigenvalue weighted by molar-refractivity contribution is 0.0793. The van der Waals surface area contributed by atoms with Crippen molar-refractivity contribution >= 4 is 12.4 Å². The summed E-state index contributed by atoms with van der Waals surface area (Å²) in [6.07, 6.45) is 0. The van der Waals surface area contributed by atoms with E-state index in [4.69, 9.17) is 0 Å². The summed E-state index contributed by atoms with van der Waals surface area (Å²) in [6.45, 7) is 7.57. The molecule has 0 spiro atoms. The quantitative estimate of drug-likeness (QED) is 0.711. The van der Waals surface area contributed by atoms with Crippen LogP contribution in [0.5, 0.6) is 0 Å². The molecule has 0 aromatic carbocycles. The molecule has 0 atom stereocenters. The first kappa shape index (κ1) is 12.1. The van der Waals surface area contributed by atoms with Crippen LogP contribution < -0.4 is 5.32 Å². The van der Waals surface area contributed by atoms with Crippen LogP contribution in [0.1, 0.15) is 13.8 Å². The summed E-state index contributed by atoms with van der Waals surface area (Å²) in [5, 5.41) is 3.25. The van der Waals surface area contributed by atoms with Crippen LogP contribution >= 0.6 is 12.4 Å². The zero-order chi connectivity index (χ0) is 8.32. The number of hydrogen-bond acceptors (Lipinski definition) is 2. The third-order valence-electron chi connectivity index (χ3n) is 2.30. The smallest absolute Gasteiger partial charge is 0.107 e. The van der Waals surface area contributed by atoms with Crippen molar-refractivity contribution in [2.24, 2.45) is 0 Å². The molecular formula is C8H18ClFN2. The van der Waals surface area contributed by atoms with Crippen LogP contribution in [0.2, 0.25) is 0 Å². The van der Waals surface area contributed by atoms with E-state index >= 15 is 0 Å². The van der Waals surface area contributed by atoms with Gasteiger partial charge in [-0.2, -0.15) is 0 Å². The third kappa shape index (κ3) is 2.88. The maximum atomic E-state index is 12.5. The minimum atomic E-state index is -0.262. The molecule has 0 bridgehead atoms. The topological polar surface area (TPSA) is 15.3 Å². The molecule has 0 saturated carbocycles. The first-order chi connectivity index (χ1) is 5.17. The largest absolute Gasteiger partial charge is 0.314 e. The Hall–Kier alpha value is 0.140. The van der Waals surface area contributed by atoms with Crippen LogP contribution in [0.3, 0.4) is 0 Å². The van der Waals surface area contributed by atoms with Gasteiger partial charge in [-0.05, 0) is 13.8 Å². The second-order valence-corrected chi connectivity index (χ2v) is 3.68. The monoisotopic (exact) mass is 196 g/mol. The SMILES string of the molecule is CC(C)(CF)N1CCNCC1.Cl. The maximum absolute atomic E-state index is 12.5. The van der Waals surface area contributed by atoms with Crippen LogP contribution in [0.25, 0.3) is 0 Å². The minimum Gasteiger partial charge on any atom is -0.314 e. The summed E-state index contributed by atoms with van der Waals surface area (Å²) < 4.78 is 12.5. The summed E-state index contributed by atoms with van der Waals surface area (Å²) in [7, 11) is 0. The molecule has 2 nitrogen and oxygen atoms in total. The van der Waals surface area contributed by atoms with E-state index in [1.807, 2.05) is 13.8 Å². The van der Waals surface area contributed by atoms with Crippen molar-refractivity contribution in [1.29, 1.82) is 0 Å². The van der Waals surface area contributed by atoms with Crippen LogP contribution in [0, 0.1) is 0 Å². The van der Waals surface area contributed by atoms with E-state index in [0.29, 0.717) is 0 Å². The Bertz CT molecular complexity index is 124. The van der Waals surface area contributed by atoms with Gasteiger partial charge in [0.1, 0.15) is 6.67 Å². The molecule has 0 aromatic heterocycles. The molecule has 0 unspecified atom stereocenters. The number of nitrogens with one attached hydrogen (secondary N) is 1. The molecule has 0 radical (unpaired) electrons. The van der Waals surface area contributed by atoms with E-state index in [0.717, 1.165) is 26.2 Å². The molecule has 0 aliphatic carbocycles. The predicted octanol–water partition coefficient (Wildman–Crippen LogP) is 1.06. The molecular weight excluding hydrogens is 179 g/mol. The van der Waals surface area contributed by atoms with E-state index in [9.17, 15) is 4.39 Å². The van der Waals surface area contributed by atoms with Crippen molar-refractivity contribution < 1.29 is 4.39 Å². The summed E-state index contributed by atoms with van der Waals surface area (Å²) in [6, 6.07) is 0. The van der Waals surface area contributed by atoms with Gasteiger partial charge in [-0.1, -0.05) is 0 Å². The van der Waals surface area contributed by atoms with Gasteiger partial charge in [0.25, 0.3) is 0 Å². The van der Waals surface area contributed by atoms with Gasteiger partial charge in [0, 0.05) is 31.7 Å². The van der Waals surface area contributed by atoms with Crippen LogP contribution in [0.4, 0.5) is 4.39 Å². The Balaban J connectivity index is 0.00000121. The van der Waals surface area contributed by atoms with Gasteiger partial charge >= 0.3 is 0 Å². The highest BCUT2D eigenvalue weighted by Gasteiger charge is 2.27. The number of piperazine rings is 1. The zero-order valence-electron chi connectivity index (χ0n) is 7.77. The third-order valence-corrected chi connectivity index (χ3v) is 2.30. The lowest BCUT2D eigenvalue weighted by Crippen LogP contribution is -2.54. The number of hydrogen-bond donors (Lipinski definition) is 1. The molecule has 1 aliphatic heterocycles. The normalized spacial score (nSPS) is 20.2. The summed E-state index contributed by atoms with van der Waals surface area (Å²) in [4.78, 5) is 2.20. The number of alkyl halides is 1. The highest BCUT2D eigenvalue weighted by atomic mass is 35.5. The zero-order valence-corrected chi connectivity index (χ0v) is 8.59. The van der Waals surface area contributed by atoms with Crippen LogP contribution in [0.15, 0.2) is 0 Å². The van der Waals surface area contributed by atoms with Crippen molar-refractivity contribution in [3.8, 4) is 0 Å². The summed E-state index contributed by atoms with van der Waals surface area (Å²) >= 11 is 0. The molecule has 1 N–H and O–H groups in total. The Morgan fingerprint density at radius 1 is 1.33 bits per heavy atom. The fourth-order valence-corrected chi connectivity index (χ4v) is 1.35. The highest BCUT2D eigenvalue weighted by Crippen LogP contribution is 2.14. The van der Waals surface area contributed by atoms with Crippen molar-refractivity contribution in [2.75, 3.05) is 32.9 Å². The fraction of sp³-hybridized carbons (Fsp3) is 1.00. The van der Waals surface area contributed by atoms with Crippen molar-refractivity contribution in [1.82, 2.24) is 10.2 Å². The first-order valence-electron chi connectivity index (χ1n) is 4.18. The highest BCUT2D eigenvalue weighted by molar-refractivity contribution is 5.85. The Kier molecular flexibility index (Phi) is 5.06. The van der Waals surface area contributed by atoms with E-state index in [2.05, 4.69) is 10.2 Å². The molecule has 1 fully saturated rings. The molecule has 4 heteroatoms. The van der Waals surface area contributed by atoms with Gasteiger partial charge in [0.15, 0.2) is 0 Å². The average Bonchev–Trinajstić information content (AvgIpc) is 2.06. The van der Waals surface area contributed by atoms with E-state index in [1.54, 1.807) is 0 Å². The molecule has 1 heterocycles. The van der Waals surface area contributed by atoms with Gasteiger partial charge in [-0.25, -0.2) is 4.39 Å². The second kappa shape index (κ2) is 5.00. The van der Waals surface area contributed by atoms with Crippen molar-refractivity contribution in [3.05, 3.63) is 0 Å². The second-order valence-electron chi connectivity index (χ2n) is 3.68. The Morgan fingerprint density at radius 3 is 2.25 bits per heavy atom. The van der Waals surface area contributed by atoms with Gasteiger partial charge in [-0.15, -0.1) is 12.4 Å². The average molecular weight is 197 g/mol. The molecule has 0 aromatic rings. The number of rotatable bonds is 2. The lowest BCUT2D eigenvalue weighted by Gasteiger charge is -2.39. The van der Waals surface area contributed by atoms with Crippen LogP contribution in [-0.2, 0) is 0 Å². The molecule has 1 aliphatic rings. The molecule has 74 valence electrons. The summed E-state index contributed by atoms with van der Waals surface area (Å²) in [5.74, 6) is 0. The van der Waals surface area contributed by atoms with Gasteiger partial charge in [0.05, 0.1) is 0 Å². The minimum absolute atomic E-state index is 0. The lowest BCUT2D eigenvalue weighted by atomic mass is 10.0. The standard InChI is InChI=1S/C8H17FN2.ClH/c1-8(2,7-9)11-5-3-10-4-6-11;/h10H,3-7H2,1-2H3;1H. The van der Waals surface area contributed by atoms with E-state index in [-0.39, 0.29) is 24.6 Å². The van der Waals surface area contributed by atoms with Gasteiger partial charge in [0.2, 0.25) is 0 Å². The Labute approximate surface area is 79.9 Å². The molecule has 1 saturated heterocycles. The number of halogens is 2. The van der Waals surface area contributed by atoms with Crippen molar-refractivity contribution in [2.45, 2.75) is 19.4 Å². The first-order valence-corrected chi connectivity index (χ1v) is 4.18. The van der Waals surface area contributed by atoms with E-state index in [1.165, 1.54) is 0 Å². The van der Waals surface area contributed by atoms with Gasteiger partial charge in [-0.3, -0.25) is 4.90 Å². The predicted molar refractivity (Wildman–Crippen MR) is 51.7 cm³/mol. The van der Waals surface area contributed by atoms with E-state index < -0.39 is 0 Å². The molecule has 12 heavy (non-hydrogen) atoms. The van der Waals surface area contributed by atoms with Crippen LogP contribution in [-0.4, -0.2) is 43.3 Å².